The summed E-state index contributed by atoms with van der Waals surface area (Å²) in [7, 11) is 0. The Morgan fingerprint density at radius 1 is 1.20 bits per heavy atom. The molecule has 0 aromatic heterocycles. The molecule has 106 valence electrons. The van der Waals surface area contributed by atoms with Crippen molar-refractivity contribution in [1.29, 1.82) is 0 Å². The van der Waals surface area contributed by atoms with E-state index in [4.69, 9.17) is 29.0 Å². The molecule has 1 atom stereocenters. The lowest BCUT2D eigenvalue weighted by Crippen LogP contribution is -2.30. The molecule has 3 N–H and O–H groups in total. The van der Waals surface area contributed by atoms with Gasteiger partial charge in [-0.15, -0.1) is 0 Å². The molecular weight excluding hydrogens is 298 g/mol. The fourth-order valence-electron chi connectivity index (χ4n) is 2.15. The maximum Gasteiger partial charge on any atom is 0.123 e. The van der Waals surface area contributed by atoms with Crippen LogP contribution in [0.4, 0.5) is 4.39 Å². The largest absolute Gasteiger partial charge is 0.271 e. The Bertz CT molecular complexity index is 617. The molecule has 0 aliphatic carbocycles. The lowest BCUT2D eigenvalue weighted by molar-refractivity contribution is 0.542. The Morgan fingerprint density at radius 3 is 2.60 bits per heavy atom. The van der Waals surface area contributed by atoms with E-state index in [1.54, 1.807) is 18.2 Å². The van der Waals surface area contributed by atoms with Crippen molar-refractivity contribution < 1.29 is 4.39 Å². The third-order valence-electron chi connectivity index (χ3n) is 3.26. The second kappa shape index (κ2) is 6.55. The van der Waals surface area contributed by atoms with Gasteiger partial charge in [0.2, 0.25) is 0 Å². The number of hydrogen-bond acceptors (Lipinski definition) is 2. The van der Waals surface area contributed by atoms with Gasteiger partial charge in [-0.3, -0.25) is 11.3 Å². The quantitative estimate of drug-likeness (QED) is 0.656. The van der Waals surface area contributed by atoms with Gasteiger partial charge in [0.1, 0.15) is 5.82 Å². The number of nitrogens with two attached hydrogens (primary N) is 1. The van der Waals surface area contributed by atoms with Crippen molar-refractivity contribution in [3.8, 4) is 0 Å². The molecule has 0 saturated carbocycles. The predicted molar refractivity (Wildman–Crippen MR) is 81.4 cm³/mol. The van der Waals surface area contributed by atoms with E-state index < -0.39 is 0 Å². The second-order valence-electron chi connectivity index (χ2n) is 4.66. The molecule has 2 rings (SSSR count). The van der Waals surface area contributed by atoms with E-state index in [0.29, 0.717) is 16.5 Å². The summed E-state index contributed by atoms with van der Waals surface area (Å²) in [5.74, 6) is 5.33. The van der Waals surface area contributed by atoms with Crippen molar-refractivity contribution >= 4 is 23.2 Å². The van der Waals surface area contributed by atoms with Crippen LogP contribution in [-0.4, -0.2) is 0 Å². The van der Waals surface area contributed by atoms with Gasteiger partial charge in [0, 0.05) is 10.0 Å². The van der Waals surface area contributed by atoms with Crippen LogP contribution in [0.15, 0.2) is 36.4 Å². The van der Waals surface area contributed by atoms with Crippen molar-refractivity contribution in [2.45, 2.75) is 19.4 Å². The number of nitrogens with one attached hydrogen (secondary N) is 1. The van der Waals surface area contributed by atoms with Crippen LogP contribution in [0.5, 0.6) is 0 Å². The SMILES string of the molecule is Cc1ccc(F)cc1C(Cc1ccc(Cl)cc1Cl)NN. The monoisotopic (exact) mass is 312 g/mol. The Balaban J connectivity index is 2.31. The van der Waals surface area contributed by atoms with E-state index >= 15 is 0 Å². The van der Waals surface area contributed by atoms with Crippen LogP contribution in [-0.2, 0) is 6.42 Å². The zero-order chi connectivity index (χ0) is 14.7. The number of aryl methyl sites for hydroxylation is 1. The highest BCUT2D eigenvalue weighted by Gasteiger charge is 2.15. The summed E-state index contributed by atoms with van der Waals surface area (Å²) in [6.07, 6.45) is 0.552. The summed E-state index contributed by atoms with van der Waals surface area (Å²) in [4.78, 5) is 0. The molecule has 0 heterocycles. The normalized spacial score (nSPS) is 12.4. The number of hydrogen-bond donors (Lipinski definition) is 2. The lowest BCUT2D eigenvalue weighted by Gasteiger charge is -2.19. The van der Waals surface area contributed by atoms with E-state index in [9.17, 15) is 4.39 Å². The van der Waals surface area contributed by atoms with Crippen LogP contribution >= 0.6 is 23.2 Å². The molecule has 2 aromatic rings. The minimum absolute atomic E-state index is 0.218. The molecule has 0 spiro atoms. The first-order valence-corrected chi connectivity index (χ1v) is 6.93. The third-order valence-corrected chi connectivity index (χ3v) is 3.84. The van der Waals surface area contributed by atoms with E-state index in [1.807, 2.05) is 13.0 Å². The number of benzene rings is 2. The lowest BCUT2D eigenvalue weighted by atomic mass is 9.95. The fraction of sp³-hybridized carbons (Fsp3) is 0.200. The van der Waals surface area contributed by atoms with E-state index in [-0.39, 0.29) is 11.9 Å². The number of halogens is 3. The maximum atomic E-state index is 13.4. The molecule has 20 heavy (non-hydrogen) atoms. The minimum Gasteiger partial charge on any atom is -0.271 e. The molecule has 5 heteroatoms. The first-order valence-electron chi connectivity index (χ1n) is 6.17. The maximum absolute atomic E-state index is 13.4. The van der Waals surface area contributed by atoms with Crippen molar-refractivity contribution in [3.63, 3.8) is 0 Å². The van der Waals surface area contributed by atoms with Crippen LogP contribution in [0.1, 0.15) is 22.7 Å². The molecule has 0 aliphatic heterocycles. The molecule has 0 radical (unpaired) electrons. The third kappa shape index (κ3) is 3.49. The van der Waals surface area contributed by atoms with Gasteiger partial charge in [-0.05, 0) is 54.3 Å². The van der Waals surface area contributed by atoms with Gasteiger partial charge in [0.25, 0.3) is 0 Å². The molecule has 2 aromatic carbocycles. The Labute approximate surface area is 127 Å². The molecule has 0 saturated heterocycles. The summed E-state index contributed by atoms with van der Waals surface area (Å²) in [6.45, 7) is 1.92. The van der Waals surface area contributed by atoms with Gasteiger partial charge in [0.05, 0.1) is 6.04 Å². The molecule has 0 amide bonds. The van der Waals surface area contributed by atoms with E-state index in [2.05, 4.69) is 5.43 Å². The van der Waals surface area contributed by atoms with Gasteiger partial charge in [-0.2, -0.15) is 0 Å². The zero-order valence-corrected chi connectivity index (χ0v) is 12.5. The average Bonchev–Trinajstić information content (AvgIpc) is 2.41. The summed E-state index contributed by atoms with van der Waals surface area (Å²) < 4.78 is 13.4. The summed E-state index contributed by atoms with van der Waals surface area (Å²) in [5, 5.41) is 1.16. The van der Waals surface area contributed by atoms with Crippen LogP contribution in [0.2, 0.25) is 10.0 Å². The standard InChI is InChI=1S/C15H15Cl2FN2/c1-9-2-5-12(18)8-13(9)15(20-19)6-10-3-4-11(16)7-14(10)17/h2-5,7-8,15,20H,6,19H2,1H3. The highest BCUT2D eigenvalue weighted by molar-refractivity contribution is 6.35. The molecular formula is C15H15Cl2FN2. The molecule has 2 nitrogen and oxygen atoms in total. The van der Waals surface area contributed by atoms with Crippen molar-refractivity contribution in [3.05, 3.63) is 69.0 Å². The molecule has 0 fully saturated rings. The average molecular weight is 313 g/mol. The van der Waals surface area contributed by atoms with Crippen LogP contribution in [0.3, 0.4) is 0 Å². The summed E-state index contributed by atoms with van der Waals surface area (Å²) in [5.41, 5.74) is 5.41. The Hall–Kier alpha value is -1.13. The number of hydrazine groups is 1. The number of rotatable bonds is 4. The predicted octanol–water partition coefficient (Wildman–Crippen LogP) is 4.19. The molecule has 0 aliphatic rings. The first kappa shape index (κ1) is 15.3. The van der Waals surface area contributed by atoms with Crippen LogP contribution in [0, 0.1) is 12.7 Å². The van der Waals surface area contributed by atoms with Gasteiger partial charge < -0.3 is 0 Å². The highest BCUT2D eigenvalue weighted by Crippen LogP contribution is 2.27. The zero-order valence-electron chi connectivity index (χ0n) is 11.0. The second-order valence-corrected chi connectivity index (χ2v) is 5.50. The van der Waals surface area contributed by atoms with E-state index in [1.165, 1.54) is 12.1 Å². The molecule has 1 unspecified atom stereocenters. The van der Waals surface area contributed by atoms with E-state index in [0.717, 1.165) is 16.7 Å². The van der Waals surface area contributed by atoms with Crippen molar-refractivity contribution in [2.24, 2.45) is 5.84 Å². The Morgan fingerprint density at radius 2 is 1.95 bits per heavy atom. The van der Waals surface area contributed by atoms with Crippen LogP contribution < -0.4 is 11.3 Å². The topological polar surface area (TPSA) is 38.0 Å². The fourth-order valence-corrected chi connectivity index (χ4v) is 2.64. The summed E-state index contributed by atoms with van der Waals surface area (Å²) in [6, 6.07) is 9.75. The minimum atomic E-state index is -0.284. The molecule has 0 bridgehead atoms. The summed E-state index contributed by atoms with van der Waals surface area (Å²) >= 11 is 12.0. The van der Waals surface area contributed by atoms with Crippen LogP contribution in [0.25, 0.3) is 0 Å². The Kier molecular flexibility index (Phi) is 5.00. The van der Waals surface area contributed by atoms with Gasteiger partial charge in [0.15, 0.2) is 0 Å². The highest BCUT2D eigenvalue weighted by atomic mass is 35.5. The van der Waals surface area contributed by atoms with Crippen molar-refractivity contribution in [2.75, 3.05) is 0 Å². The smallest absolute Gasteiger partial charge is 0.123 e. The van der Waals surface area contributed by atoms with Gasteiger partial charge in [-0.1, -0.05) is 35.3 Å². The van der Waals surface area contributed by atoms with Crippen molar-refractivity contribution in [1.82, 2.24) is 5.43 Å². The van der Waals surface area contributed by atoms with Gasteiger partial charge in [-0.25, -0.2) is 4.39 Å². The van der Waals surface area contributed by atoms with Gasteiger partial charge >= 0.3 is 0 Å². The first-order chi connectivity index (χ1) is 9.51.